The molecule has 1 aromatic rings. The van der Waals surface area contributed by atoms with E-state index < -0.39 is 0 Å². The Morgan fingerprint density at radius 1 is 1.47 bits per heavy atom. The molecule has 0 bridgehead atoms. The first-order chi connectivity index (χ1) is 9.11. The minimum absolute atomic E-state index is 0.0425. The summed E-state index contributed by atoms with van der Waals surface area (Å²) in [6.07, 6.45) is 5.07. The van der Waals surface area contributed by atoms with Crippen LogP contribution in [0.15, 0.2) is 28.7 Å². The Bertz CT molecular complexity index is 440. The van der Waals surface area contributed by atoms with Gasteiger partial charge in [-0.2, -0.15) is 0 Å². The molecule has 1 unspecified atom stereocenters. The maximum Gasteiger partial charge on any atom is 0.275 e. The highest BCUT2D eigenvalue weighted by atomic mass is 79.9. The molecule has 0 saturated heterocycles. The van der Waals surface area contributed by atoms with Gasteiger partial charge in [-0.15, -0.1) is 6.42 Å². The van der Waals surface area contributed by atoms with Gasteiger partial charge in [0.05, 0.1) is 13.6 Å². The van der Waals surface area contributed by atoms with Crippen LogP contribution in [0.1, 0.15) is 0 Å². The van der Waals surface area contributed by atoms with Gasteiger partial charge in [-0.25, -0.2) is 0 Å². The molecule has 5 heteroatoms. The van der Waals surface area contributed by atoms with Gasteiger partial charge < -0.3 is 15.0 Å². The standard InChI is InChI=1S/C14H17BrN2O2/c1-3-8-16-14(18)11-17(2)9-10-19-13-6-4-12(15)5-7-13/h1,4-7H,8-11H2,2H3,(H,16,18)/p+1. The first-order valence-corrected chi connectivity index (χ1v) is 6.81. The normalized spacial score (nSPS) is 11.4. The van der Waals surface area contributed by atoms with E-state index in [-0.39, 0.29) is 12.5 Å². The highest BCUT2D eigenvalue weighted by Crippen LogP contribution is 2.15. The van der Waals surface area contributed by atoms with Gasteiger partial charge in [-0.1, -0.05) is 21.9 Å². The predicted molar refractivity (Wildman–Crippen MR) is 78.1 cm³/mol. The lowest BCUT2D eigenvalue weighted by Gasteiger charge is -2.13. The van der Waals surface area contributed by atoms with Crippen LogP contribution in [-0.4, -0.2) is 39.2 Å². The molecule has 1 rings (SSSR count). The minimum atomic E-state index is -0.0425. The molecular weight excluding hydrogens is 308 g/mol. The smallest absolute Gasteiger partial charge is 0.275 e. The van der Waals surface area contributed by atoms with Crippen molar-refractivity contribution in [3.8, 4) is 18.1 Å². The summed E-state index contributed by atoms with van der Waals surface area (Å²) in [6.45, 7) is 1.99. The molecule has 0 fully saturated rings. The van der Waals surface area contributed by atoms with E-state index in [1.165, 1.54) is 0 Å². The summed E-state index contributed by atoms with van der Waals surface area (Å²) in [5.74, 6) is 3.16. The molecule has 0 heterocycles. The van der Waals surface area contributed by atoms with E-state index in [1.54, 1.807) is 0 Å². The first-order valence-electron chi connectivity index (χ1n) is 6.01. The number of terminal acetylenes is 1. The topological polar surface area (TPSA) is 42.8 Å². The predicted octanol–water partition coefficient (Wildman–Crippen LogP) is 0.0920. The van der Waals surface area contributed by atoms with Gasteiger partial charge in [0.15, 0.2) is 6.54 Å². The third-order valence-corrected chi connectivity index (χ3v) is 2.99. The maximum absolute atomic E-state index is 11.4. The fraction of sp³-hybridized carbons (Fsp3) is 0.357. The maximum atomic E-state index is 11.4. The molecule has 2 N–H and O–H groups in total. The number of quaternary nitrogens is 1. The quantitative estimate of drug-likeness (QED) is 0.698. The second-order valence-electron chi connectivity index (χ2n) is 4.17. The number of nitrogens with one attached hydrogen (secondary N) is 2. The molecule has 1 atom stereocenters. The van der Waals surface area contributed by atoms with Crippen molar-refractivity contribution < 1.29 is 14.4 Å². The highest BCUT2D eigenvalue weighted by molar-refractivity contribution is 9.10. The average molecular weight is 326 g/mol. The van der Waals surface area contributed by atoms with Crippen LogP contribution in [0.4, 0.5) is 0 Å². The lowest BCUT2D eigenvalue weighted by Crippen LogP contribution is -3.10. The molecule has 0 aliphatic rings. The van der Waals surface area contributed by atoms with Crippen LogP contribution in [0.25, 0.3) is 0 Å². The number of likely N-dealkylation sites (N-methyl/N-ethyl adjacent to an activating group) is 1. The number of ether oxygens (including phenoxy) is 1. The molecule has 0 aromatic heterocycles. The van der Waals surface area contributed by atoms with Crippen molar-refractivity contribution in [1.29, 1.82) is 0 Å². The van der Waals surface area contributed by atoms with Crippen LogP contribution in [0.5, 0.6) is 5.75 Å². The second-order valence-corrected chi connectivity index (χ2v) is 5.08. The monoisotopic (exact) mass is 325 g/mol. The molecule has 0 saturated carbocycles. The van der Waals surface area contributed by atoms with E-state index in [9.17, 15) is 4.79 Å². The lowest BCUT2D eigenvalue weighted by atomic mass is 10.3. The van der Waals surface area contributed by atoms with Crippen LogP contribution in [0, 0.1) is 12.3 Å². The van der Waals surface area contributed by atoms with E-state index in [0.29, 0.717) is 13.2 Å². The van der Waals surface area contributed by atoms with Gasteiger partial charge in [0.25, 0.3) is 5.91 Å². The number of benzene rings is 1. The van der Waals surface area contributed by atoms with E-state index >= 15 is 0 Å². The summed E-state index contributed by atoms with van der Waals surface area (Å²) in [5, 5.41) is 2.64. The number of halogens is 1. The van der Waals surface area contributed by atoms with Gasteiger partial charge in [-0.05, 0) is 24.3 Å². The van der Waals surface area contributed by atoms with Crippen molar-refractivity contribution in [3.05, 3.63) is 28.7 Å². The van der Waals surface area contributed by atoms with E-state index in [0.717, 1.165) is 21.7 Å². The molecule has 0 radical (unpaired) electrons. The zero-order valence-corrected chi connectivity index (χ0v) is 12.5. The van der Waals surface area contributed by atoms with E-state index in [2.05, 4.69) is 27.2 Å². The average Bonchev–Trinajstić information content (AvgIpc) is 2.38. The van der Waals surface area contributed by atoms with Crippen molar-refractivity contribution in [2.24, 2.45) is 0 Å². The largest absolute Gasteiger partial charge is 0.488 e. The molecule has 1 aromatic carbocycles. The zero-order valence-electron chi connectivity index (χ0n) is 10.9. The van der Waals surface area contributed by atoms with Gasteiger partial charge >= 0.3 is 0 Å². The van der Waals surface area contributed by atoms with E-state index in [4.69, 9.17) is 11.2 Å². The summed E-state index contributed by atoms with van der Waals surface area (Å²) >= 11 is 3.37. The summed E-state index contributed by atoms with van der Waals surface area (Å²) in [7, 11) is 1.94. The van der Waals surface area contributed by atoms with Crippen LogP contribution in [0.3, 0.4) is 0 Å². The number of carbonyl (C=O) groups excluding carboxylic acids is 1. The molecular formula is C14H18BrN2O2+. The summed E-state index contributed by atoms with van der Waals surface area (Å²) in [4.78, 5) is 12.5. The Balaban J connectivity index is 2.20. The van der Waals surface area contributed by atoms with Crippen LogP contribution >= 0.6 is 15.9 Å². The number of hydrogen-bond acceptors (Lipinski definition) is 2. The van der Waals surface area contributed by atoms with Crippen LogP contribution in [0.2, 0.25) is 0 Å². The SMILES string of the molecule is C#CCNC(=O)C[NH+](C)CCOc1ccc(Br)cc1. The van der Waals surface area contributed by atoms with Crippen molar-refractivity contribution in [3.63, 3.8) is 0 Å². The Morgan fingerprint density at radius 3 is 2.79 bits per heavy atom. The fourth-order valence-electron chi connectivity index (χ4n) is 1.45. The second kappa shape index (κ2) is 8.57. The zero-order chi connectivity index (χ0) is 14.1. The minimum Gasteiger partial charge on any atom is -0.488 e. The van der Waals surface area contributed by atoms with Gasteiger partial charge in [-0.3, -0.25) is 4.79 Å². The molecule has 0 aliphatic carbocycles. The number of carbonyl (C=O) groups is 1. The fourth-order valence-corrected chi connectivity index (χ4v) is 1.71. The Morgan fingerprint density at radius 2 is 2.16 bits per heavy atom. The first kappa shape index (κ1) is 15.5. The number of hydrogen-bond donors (Lipinski definition) is 2. The Labute approximate surface area is 122 Å². The third kappa shape index (κ3) is 6.85. The van der Waals surface area contributed by atoms with Gasteiger partial charge in [0, 0.05) is 4.47 Å². The van der Waals surface area contributed by atoms with Gasteiger partial charge in [0.2, 0.25) is 0 Å². The van der Waals surface area contributed by atoms with Crippen molar-refractivity contribution in [1.82, 2.24) is 5.32 Å². The number of rotatable bonds is 7. The van der Waals surface area contributed by atoms with Crippen molar-refractivity contribution in [2.75, 3.05) is 33.3 Å². The van der Waals surface area contributed by atoms with Crippen LogP contribution in [-0.2, 0) is 4.79 Å². The molecule has 0 spiro atoms. The summed E-state index contributed by atoms with van der Waals surface area (Å²) in [6, 6.07) is 7.66. The molecule has 4 nitrogen and oxygen atoms in total. The Hall–Kier alpha value is -1.51. The van der Waals surface area contributed by atoms with Crippen molar-refractivity contribution >= 4 is 21.8 Å². The molecule has 19 heavy (non-hydrogen) atoms. The third-order valence-electron chi connectivity index (χ3n) is 2.46. The Kier molecular flexibility index (Phi) is 7.01. The lowest BCUT2D eigenvalue weighted by molar-refractivity contribution is -0.871. The van der Waals surface area contributed by atoms with Crippen LogP contribution < -0.4 is 15.0 Å². The van der Waals surface area contributed by atoms with Crippen molar-refractivity contribution in [2.45, 2.75) is 0 Å². The summed E-state index contributed by atoms with van der Waals surface area (Å²) in [5.41, 5.74) is 0. The molecule has 0 aliphatic heterocycles. The number of amides is 1. The summed E-state index contributed by atoms with van der Waals surface area (Å²) < 4.78 is 6.61. The highest BCUT2D eigenvalue weighted by Gasteiger charge is 2.08. The molecule has 1 amide bonds. The molecule has 102 valence electrons. The van der Waals surface area contributed by atoms with E-state index in [1.807, 2.05) is 31.3 Å². The van der Waals surface area contributed by atoms with Gasteiger partial charge in [0.1, 0.15) is 18.9 Å².